The molecular formula is C24H19F3O4S. The molecule has 0 saturated carbocycles. The molecule has 166 valence electrons. The van der Waals surface area contributed by atoms with Gasteiger partial charge < -0.3 is 9.29 Å². The Labute approximate surface area is 184 Å². The van der Waals surface area contributed by atoms with Crippen LogP contribution < -0.4 is 0 Å². The Morgan fingerprint density at radius 1 is 0.750 bits per heavy atom. The van der Waals surface area contributed by atoms with Gasteiger partial charge in [0.15, 0.2) is 10.1 Å². The van der Waals surface area contributed by atoms with E-state index >= 15 is 0 Å². The topological polar surface area (TPSA) is 70.0 Å². The zero-order valence-corrected chi connectivity index (χ0v) is 17.4. The molecule has 0 spiro atoms. The number of ether oxygens (including phenoxy) is 1. The fourth-order valence-electron chi connectivity index (χ4n) is 2.99. The van der Waals surface area contributed by atoms with Gasteiger partial charge in [-0.25, -0.2) is 8.42 Å². The van der Waals surface area contributed by atoms with Crippen LogP contribution in [0.4, 0.5) is 13.2 Å². The molecule has 0 aliphatic carbocycles. The van der Waals surface area contributed by atoms with Crippen molar-refractivity contribution in [3.63, 3.8) is 0 Å². The summed E-state index contributed by atoms with van der Waals surface area (Å²) in [4.78, 5) is 0. The molecule has 32 heavy (non-hydrogen) atoms. The third-order valence-corrected chi connectivity index (χ3v) is 5.08. The van der Waals surface area contributed by atoms with Gasteiger partial charge in [0.2, 0.25) is 6.10 Å². The largest absolute Gasteiger partial charge is 0.741 e. The molecule has 1 heterocycles. The van der Waals surface area contributed by atoms with Crippen LogP contribution in [0.2, 0.25) is 0 Å². The minimum absolute atomic E-state index is 0.0432. The average molecular weight is 460 g/mol. The van der Waals surface area contributed by atoms with E-state index in [1.54, 1.807) is 0 Å². The van der Waals surface area contributed by atoms with E-state index in [4.69, 9.17) is 17.7 Å². The van der Waals surface area contributed by atoms with E-state index < -0.39 is 15.6 Å². The molecule has 1 N–H and O–H groups in total. The van der Waals surface area contributed by atoms with Crippen molar-refractivity contribution in [3.05, 3.63) is 120 Å². The number of allylic oxidation sites excluding steroid dienone is 2. The zero-order valence-electron chi connectivity index (χ0n) is 16.6. The lowest BCUT2D eigenvalue weighted by atomic mass is 9.97. The first-order valence-electron chi connectivity index (χ1n) is 9.47. The quantitative estimate of drug-likeness (QED) is 0.297. The minimum atomic E-state index is -6.09. The lowest BCUT2D eigenvalue weighted by Gasteiger charge is -2.22. The summed E-state index contributed by atoms with van der Waals surface area (Å²) in [5, 5.41) is 0. The monoisotopic (exact) mass is 460 g/mol. The number of aliphatic hydroxyl groups is 2. The maximum atomic E-state index is 10.7. The lowest BCUT2D eigenvalue weighted by Crippen LogP contribution is -2.21. The van der Waals surface area contributed by atoms with Crippen molar-refractivity contribution >= 4 is 21.5 Å². The van der Waals surface area contributed by atoms with E-state index in [2.05, 4.69) is 84.9 Å². The number of hydrogen-bond acceptors (Lipinski definition) is 3. The molecule has 0 saturated heterocycles. The Morgan fingerprint density at radius 3 is 1.66 bits per heavy atom. The molecule has 3 aromatic carbocycles. The molecule has 0 bridgehead atoms. The summed E-state index contributed by atoms with van der Waals surface area (Å²) >= 11 is 0. The predicted octanol–water partition coefficient (Wildman–Crippen LogP) is 5.45. The molecule has 3 aromatic rings. The van der Waals surface area contributed by atoms with Crippen LogP contribution in [0.5, 0.6) is 0 Å². The zero-order chi connectivity index (χ0) is 23.2. The van der Waals surface area contributed by atoms with Crippen LogP contribution in [0.25, 0.3) is 11.3 Å². The summed E-state index contributed by atoms with van der Waals surface area (Å²) in [5.41, 5.74) is -0.833. The van der Waals surface area contributed by atoms with Crippen LogP contribution >= 0.6 is 0 Å². The van der Waals surface area contributed by atoms with Crippen molar-refractivity contribution in [1.82, 2.24) is 0 Å². The van der Waals surface area contributed by atoms with Gasteiger partial charge in [-0.15, -0.1) is 0 Å². The highest BCUT2D eigenvalue weighted by Gasteiger charge is 2.36. The number of rotatable bonds is 3. The molecule has 1 atom stereocenters. The maximum Gasteiger partial charge on any atom is 0.485 e. The second-order valence-corrected chi connectivity index (χ2v) is 8.14. The van der Waals surface area contributed by atoms with Gasteiger partial charge in [-0.2, -0.15) is 13.2 Å². The van der Waals surface area contributed by atoms with E-state index in [0.717, 1.165) is 11.3 Å². The Kier molecular flexibility index (Phi) is 7.17. The van der Waals surface area contributed by atoms with Gasteiger partial charge >= 0.3 is 5.51 Å². The van der Waals surface area contributed by atoms with Gasteiger partial charge in [-0.05, 0) is 35.4 Å². The van der Waals surface area contributed by atoms with Crippen LogP contribution in [0, 0.1) is 0 Å². The van der Waals surface area contributed by atoms with Gasteiger partial charge in [0.25, 0.3) is 5.76 Å². The van der Waals surface area contributed by atoms with E-state index in [0.29, 0.717) is 0 Å². The molecule has 0 radical (unpaired) electrons. The summed E-state index contributed by atoms with van der Waals surface area (Å²) in [5.74, 6) is 1.03. The number of hydrogen-bond donors (Lipinski definition) is 0. The summed E-state index contributed by atoms with van der Waals surface area (Å²) in [6, 6.07) is 31.4. The standard InChI is InChI=1S/C23H18O.CHF3O3S/c1-4-10-18(11-5-1)21-16-22(19-12-6-2-7-13-19)24-23(17-21)20-14-8-3-9-15-20;2-1(3,4)8(5,6)7/h1-17,22H;(H,5,6,7). The summed E-state index contributed by atoms with van der Waals surface area (Å²) in [7, 11) is -6.09. The van der Waals surface area contributed by atoms with Gasteiger partial charge in [0.1, 0.15) is 0 Å². The SMILES string of the molecule is C1=C(c2ccccc2)C=C(c2ccccc2)[OH+]C1c1ccccc1.O=S(=O)([O-])C(F)(F)F. The number of alkyl halides is 3. The number of halogens is 3. The second-order valence-electron chi connectivity index (χ2n) is 6.77. The predicted molar refractivity (Wildman–Crippen MR) is 116 cm³/mol. The van der Waals surface area contributed by atoms with Crippen LogP contribution in [0.3, 0.4) is 0 Å². The first-order valence-corrected chi connectivity index (χ1v) is 10.9. The van der Waals surface area contributed by atoms with E-state index in [9.17, 15) is 13.2 Å². The smallest absolute Gasteiger partial charge is 0.485 e. The van der Waals surface area contributed by atoms with Crippen molar-refractivity contribution < 1.29 is 30.9 Å². The maximum absolute atomic E-state index is 10.7. The van der Waals surface area contributed by atoms with Crippen molar-refractivity contribution in [1.29, 1.82) is 0 Å². The van der Waals surface area contributed by atoms with Crippen LogP contribution in [-0.4, -0.2) is 23.2 Å². The molecule has 0 amide bonds. The van der Waals surface area contributed by atoms with E-state index in [1.165, 1.54) is 16.7 Å². The van der Waals surface area contributed by atoms with Crippen LogP contribution in [0.15, 0.2) is 103 Å². The van der Waals surface area contributed by atoms with Gasteiger partial charge in [-0.1, -0.05) is 66.7 Å². The molecule has 4 rings (SSSR count). The van der Waals surface area contributed by atoms with E-state index in [1.807, 2.05) is 18.2 Å². The van der Waals surface area contributed by atoms with Crippen molar-refractivity contribution in [3.8, 4) is 0 Å². The van der Waals surface area contributed by atoms with Gasteiger partial charge in [0.05, 0.1) is 5.56 Å². The highest BCUT2D eigenvalue weighted by molar-refractivity contribution is 7.86. The minimum Gasteiger partial charge on any atom is -0.741 e. The Balaban J connectivity index is 0.000000312. The Hall–Kier alpha value is -3.36. The molecule has 0 fully saturated rings. The third kappa shape index (κ3) is 6.09. The van der Waals surface area contributed by atoms with E-state index in [-0.39, 0.29) is 6.10 Å². The number of benzene rings is 3. The summed E-state index contributed by atoms with van der Waals surface area (Å²) < 4.78 is 63.9. The van der Waals surface area contributed by atoms with Gasteiger partial charge in [-0.3, -0.25) is 0 Å². The second kappa shape index (κ2) is 9.84. The molecule has 8 heteroatoms. The lowest BCUT2D eigenvalue weighted by molar-refractivity contribution is -0.0517. The Morgan fingerprint density at radius 2 is 1.19 bits per heavy atom. The molecule has 0 aromatic heterocycles. The van der Waals surface area contributed by atoms with Crippen LogP contribution in [0.1, 0.15) is 22.8 Å². The summed E-state index contributed by atoms with van der Waals surface area (Å²) in [6.07, 6.45) is 4.47. The van der Waals surface area contributed by atoms with Crippen LogP contribution in [-0.2, 0) is 10.1 Å². The highest BCUT2D eigenvalue weighted by atomic mass is 32.2. The van der Waals surface area contributed by atoms with Gasteiger partial charge in [0, 0.05) is 17.7 Å². The van der Waals surface area contributed by atoms with Crippen molar-refractivity contribution in [2.75, 3.05) is 0 Å². The molecule has 1 aliphatic rings. The molecule has 1 unspecified atom stereocenters. The fourth-order valence-corrected chi connectivity index (χ4v) is 2.99. The summed E-state index contributed by atoms with van der Waals surface area (Å²) in [6.45, 7) is 0. The molecule has 4 nitrogen and oxygen atoms in total. The first-order chi connectivity index (χ1) is 15.1. The Bertz CT molecular complexity index is 1190. The molecule has 1 aliphatic heterocycles. The third-order valence-electron chi connectivity index (χ3n) is 4.51. The molecular weight excluding hydrogens is 441 g/mol. The normalized spacial score (nSPS) is 16.1. The van der Waals surface area contributed by atoms with Crippen molar-refractivity contribution in [2.45, 2.75) is 11.6 Å². The fraction of sp³-hybridized carbons (Fsp3) is 0.0833. The highest BCUT2D eigenvalue weighted by Crippen LogP contribution is 2.34. The van der Waals surface area contributed by atoms with Crippen molar-refractivity contribution in [2.24, 2.45) is 0 Å². The average Bonchev–Trinajstić information content (AvgIpc) is 2.80. The first kappa shape index (κ1) is 23.3.